The number of phenols is 1. The Labute approximate surface area is 230 Å². The van der Waals surface area contributed by atoms with Crippen LogP contribution in [-0.2, 0) is 9.53 Å². The summed E-state index contributed by atoms with van der Waals surface area (Å²) < 4.78 is 22.8. The minimum atomic E-state index is -0.358. The number of phenolic OH excluding ortho intramolecular Hbond substituents is 1. The van der Waals surface area contributed by atoms with Crippen molar-refractivity contribution in [3.05, 3.63) is 83.4 Å². The van der Waals surface area contributed by atoms with Crippen molar-refractivity contribution >= 4 is 17.1 Å². The van der Waals surface area contributed by atoms with Crippen LogP contribution in [0.5, 0.6) is 23.0 Å². The number of hydrogen-bond donors (Lipinski definition) is 1. The molecular formula is C32H37NO6. The van der Waals surface area contributed by atoms with Crippen LogP contribution in [-0.4, -0.2) is 56.1 Å². The van der Waals surface area contributed by atoms with E-state index in [-0.39, 0.29) is 31.2 Å². The van der Waals surface area contributed by atoms with Crippen molar-refractivity contribution in [1.29, 1.82) is 0 Å². The molecule has 0 aliphatic carbocycles. The molecule has 0 spiro atoms. The lowest BCUT2D eigenvalue weighted by Gasteiger charge is -2.22. The fourth-order valence-electron chi connectivity index (χ4n) is 4.64. The number of benzene rings is 3. The summed E-state index contributed by atoms with van der Waals surface area (Å²) in [5.41, 5.74) is 5.25. The minimum absolute atomic E-state index is 0.206. The molecule has 0 amide bonds. The molecule has 0 aromatic heterocycles. The maximum atomic E-state index is 12.1. The summed E-state index contributed by atoms with van der Waals surface area (Å²) >= 11 is 0. The number of hydrogen-bond acceptors (Lipinski definition) is 7. The Morgan fingerprint density at radius 2 is 1.56 bits per heavy atom. The quantitative estimate of drug-likeness (QED) is 0.222. The van der Waals surface area contributed by atoms with Crippen molar-refractivity contribution < 1.29 is 28.8 Å². The highest BCUT2D eigenvalue weighted by Gasteiger charge is 2.19. The van der Waals surface area contributed by atoms with E-state index in [4.69, 9.17) is 18.9 Å². The number of rotatable bonds is 12. The lowest BCUT2D eigenvalue weighted by atomic mass is 9.88. The average molecular weight is 532 g/mol. The molecule has 1 aliphatic heterocycles. The zero-order valence-electron chi connectivity index (χ0n) is 23.1. The molecule has 0 bridgehead atoms. The van der Waals surface area contributed by atoms with Crippen LogP contribution < -0.4 is 14.2 Å². The first kappa shape index (κ1) is 28.0. The first-order valence-corrected chi connectivity index (χ1v) is 13.4. The molecule has 1 unspecified atom stereocenters. The van der Waals surface area contributed by atoms with Crippen LogP contribution in [0.15, 0.2) is 66.7 Å². The number of esters is 1. The first-order chi connectivity index (χ1) is 18.9. The van der Waals surface area contributed by atoms with Crippen LogP contribution >= 0.6 is 0 Å². The second kappa shape index (κ2) is 13.2. The van der Waals surface area contributed by atoms with E-state index in [0.29, 0.717) is 18.7 Å². The van der Waals surface area contributed by atoms with Gasteiger partial charge in [0.15, 0.2) is 11.5 Å². The minimum Gasteiger partial charge on any atom is -0.508 e. The smallest absolute Gasteiger partial charge is 0.306 e. The van der Waals surface area contributed by atoms with Crippen molar-refractivity contribution in [1.82, 2.24) is 4.90 Å². The summed E-state index contributed by atoms with van der Waals surface area (Å²) in [6.45, 7) is 5.16. The summed E-state index contributed by atoms with van der Waals surface area (Å²) in [5, 5.41) is 9.91. The monoisotopic (exact) mass is 531 g/mol. The lowest BCUT2D eigenvalue weighted by molar-refractivity contribution is -0.151. The number of fused-ring (bicyclic) bond motifs is 1. The van der Waals surface area contributed by atoms with Crippen molar-refractivity contribution in [2.45, 2.75) is 39.2 Å². The molecule has 4 rings (SSSR count). The number of aromatic hydroxyl groups is 1. The van der Waals surface area contributed by atoms with Gasteiger partial charge < -0.3 is 29.0 Å². The molecule has 7 heteroatoms. The van der Waals surface area contributed by atoms with Crippen LogP contribution in [0, 0.1) is 0 Å². The van der Waals surface area contributed by atoms with E-state index < -0.39 is 0 Å². The first-order valence-electron chi connectivity index (χ1n) is 13.4. The van der Waals surface area contributed by atoms with Gasteiger partial charge in [-0.3, -0.25) is 4.79 Å². The third-order valence-electron chi connectivity index (χ3n) is 6.43. The Morgan fingerprint density at radius 1 is 0.923 bits per heavy atom. The Bertz CT molecular complexity index is 1280. The molecule has 1 aliphatic rings. The van der Waals surface area contributed by atoms with E-state index in [2.05, 4.69) is 13.0 Å². The highest BCUT2D eigenvalue weighted by Crippen LogP contribution is 2.40. The fourth-order valence-corrected chi connectivity index (χ4v) is 4.64. The maximum Gasteiger partial charge on any atom is 0.306 e. The molecule has 1 heterocycles. The van der Waals surface area contributed by atoms with Crippen molar-refractivity contribution in [3.8, 4) is 23.0 Å². The largest absolute Gasteiger partial charge is 0.508 e. The third kappa shape index (κ3) is 7.33. The van der Waals surface area contributed by atoms with Crippen LogP contribution in [0.2, 0.25) is 0 Å². The molecule has 39 heavy (non-hydrogen) atoms. The Kier molecular flexibility index (Phi) is 9.49. The second-order valence-electron chi connectivity index (χ2n) is 9.78. The maximum absolute atomic E-state index is 12.1. The molecular weight excluding hydrogens is 494 g/mol. The van der Waals surface area contributed by atoms with Gasteiger partial charge in [0.1, 0.15) is 24.2 Å². The van der Waals surface area contributed by atoms with Gasteiger partial charge in [-0.2, -0.15) is 0 Å². The van der Waals surface area contributed by atoms with E-state index >= 15 is 0 Å². The standard InChI is InChI=1S/C32H37NO6/c1-5-7-31(35)39-27(19-33(3)4)20-36-26-15-10-23(11-16-26)32(22-8-13-25(34)14-9-22)28(6-2)24-12-17-29-30(18-24)38-21-37-29/h8-18,27,34H,5-7,19-21H2,1-4H3/b32-28-. The van der Waals surface area contributed by atoms with Gasteiger partial charge in [0.25, 0.3) is 0 Å². The number of likely N-dealkylation sites (N-methyl/N-ethyl adjacent to an activating group) is 1. The predicted molar refractivity (Wildman–Crippen MR) is 152 cm³/mol. The summed E-state index contributed by atoms with van der Waals surface area (Å²) in [6.07, 6.45) is 1.57. The van der Waals surface area contributed by atoms with Gasteiger partial charge in [0, 0.05) is 13.0 Å². The van der Waals surface area contributed by atoms with Gasteiger partial charge in [-0.15, -0.1) is 0 Å². The zero-order chi connectivity index (χ0) is 27.8. The Morgan fingerprint density at radius 3 is 2.21 bits per heavy atom. The molecule has 1 N–H and O–H groups in total. The normalized spacial score (nSPS) is 13.7. The highest BCUT2D eigenvalue weighted by atomic mass is 16.7. The molecule has 0 saturated heterocycles. The molecule has 1 atom stereocenters. The Hall–Kier alpha value is -3.97. The molecule has 0 saturated carbocycles. The summed E-state index contributed by atoms with van der Waals surface area (Å²) in [5.74, 6) is 2.19. The van der Waals surface area contributed by atoms with Gasteiger partial charge in [0.05, 0.1) is 0 Å². The van der Waals surface area contributed by atoms with Crippen molar-refractivity contribution in [3.63, 3.8) is 0 Å². The number of ether oxygens (including phenoxy) is 4. The molecule has 206 valence electrons. The molecule has 0 fully saturated rings. The SMILES string of the molecule is CCCC(=O)OC(COc1ccc(/C(=C(/CC)c2ccc3c(c2)OCO3)c2ccc(O)cc2)cc1)CN(C)C. The third-order valence-corrected chi connectivity index (χ3v) is 6.43. The average Bonchev–Trinajstić information content (AvgIpc) is 3.39. The molecule has 0 radical (unpaired) electrons. The van der Waals surface area contributed by atoms with Crippen LogP contribution in [0.4, 0.5) is 0 Å². The summed E-state index contributed by atoms with van der Waals surface area (Å²) in [6, 6.07) is 21.2. The van der Waals surface area contributed by atoms with E-state index in [1.807, 2.05) is 74.4 Å². The topological polar surface area (TPSA) is 77.5 Å². The fraction of sp³-hybridized carbons (Fsp3) is 0.344. The van der Waals surface area contributed by atoms with E-state index in [1.54, 1.807) is 12.1 Å². The van der Waals surface area contributed by atoms with Gasteiger partial charge in [-0.25, -0.2) is 0 Å². The van der Waals surface area contributed by atoms with Crippen LogP contribution in [0.25, 0.3) is 11.1 Å². The van der Waals surface area contributed by atoms with Gasteiger partial charge >= 0.3 is 5.97 Å². The lowest BCUT2D eigenvalue weighted by Crippen LogP contribution is -2.35. The van der Waals surface area contributed by atoms with Crippen LogP contribution in [0.1, 0.15) is 49.8 Å². The Balaban J connectivity index is 1.62. The van der Waals surface area contributed by atoms with Crippen molar-refractivity contribution in [2.75, 3.05) is 34.0 Å². The number of nitrogens with zero attached hydrogens (tertiary/aromatic N) is 1. The molecule has 3 aromatic carbocycles. The molecule has 7 nitrogen and oxygen atoms in total. The molecule has 3 aromatic rings. The zero-order valence-corrected chi connectivity index (χ0v) is 23.1. The van der Waals surface area contributed by atoms with Crippen molar-refractivity contribution in [2.24, 2.45) is 0 Å². The summed E-state index contributed by atoms with van der Waals surface area (Å²) in [7, 11) is 3.89. The second-order valence-corrected chi connectivity index (χ2v) is 9.78. The van der Waals surface area contributed by atoms with Crippen LogP contribution in [0.3, 0.4) is 0 Å². The van der Waals surface area contributed by atoms with E-state index in [9.17, 15) is 9.90 Å². The summed E-state index contributed by atoms with van der Waals surface area (Å²) in [4.78, 5) is 14.0. The van der Waals surface area contributed by atoms with Gasteiger partial charge in [-0.05, 0) is 91.2 Å². The number of allylic oxidation sites excluding steroid dienone is 1. The predicted octanol–water partition coefficient (Wildman–Crippen LogP) is 6.14. The highest BCUT2D eigenvalue weighted by molar-refractivity contribution is 5.99. The number of carbonyl (C=O) groups excluding carboxylic acids is 1. The van der Waals surface area contributed by atoms with Gasteiger partial charge in [-0.1, -0.05) is 44.2 Å². The van der Waals surface area contributed by atoms with Gasteiger partial charge in [0.2, 0.25) is 6.79 Å². The van der Waals surface area contributed by atoms with E-state index in [1.165, 1.54) is 0 Å². The number of carbonyl (C=O) groups is 1. The van der Waals surface area contributed by atoms with E-state index in [0.717, 1.165) is 52.2 Å².